The highest BCUT2D eigenvalue weighted by Gasteiger charge is 2.34. The summed E-state index contributed by atoms with van der Waals surface area (Å²) < 4.78 is 32.5. The molecule has 3 rings (SSSR count). The number of piperidine rings is 1. The maximum atomic E-state index is 12.9. The third kappa shape index (κ3) is 5.78. The maximum Gasteiger partial charge on any atom is 0.253 e. The summed E-state index contributed by atoms with van der Waals surface area (Å²) in [6.45, 7) is 12.0. The van der Waals surface area contributed by atoms with Gasteiger partial charge in [-0.1, -0.05) is 6.92 Å². The quantitative estimate of drug-likeness (QED) is 0.757. The van der Waals surface area contributed by atoms with Crippen molar-refractivity contribution in [2.45, 2.75) is 44.6 Å². The highest BCUT2D eigenvalue weighted by Crippen LogP contribution is 2.32. The van der Waals surface area contributed by atoms with Gasteiger partial charge in [0.25, 0.3) is 5.91 Å². The number of ether oxygens (including phenoxy) is 1. The summed E-state index contributed by atoms with van der Waals surface area (Å²) in [6, 6.07) is 6.05. The fraction of sp³-hybridized carbons (Fsp3) is 0.667. The predicted molar refractivity (Wildman–Crippen MR) is 112 cm³/mol. The van der Waals surface area contributed by atoms with E-state index in [2.05, 4.69) is 16.5 Å². The molecule has 29 heavy (non-hydrogen) atoms. The van der Waals surface area contributed by atoms with Crippen molar-refractivity contribution < 1.29 is 17.9 Å². The van der Waals surface area contributed by atoms with Crippen LogP contribution >= 0.6 is 0 Å². The molecule has 0 saturated carbocycles. The van der Waals surface area contributed by atoms with Crippen molar-refractivity contribution in [1.29, 1.82) is 0 Å². The molecule has 2 saturated heterocycles. The summed E-state index contributed by atoms with van der Waals surface area (Å²) in [7, 11) is -3.54. The molecule has 0 spiro atoms. The number of carbonyl (C=O) groups is 1. The number of amides is 1. The molecule has 2 aliphatic rings. The van der Waals surface area contributed by atoms with Gasteiger partial charge < -0.3 is 9.64 Å². The molecule has 0 atom stereocenters. The summed E-state index contributed by atoms with van der Waals surface area (Å²) in [4.78, 5) is 17.4. The Bertz CT molecular complexity index is 794. The van der Waals surface area contributed by atoms with Crippen LogP contribution in [0.25, 0.3) is 0 Å². The van der Waals surface area contributed by atoms with E-state index in [1.807, 2.05) is 4.90 Å². The number of nitrogens with zero attached hydrogens (tertiary/aromatic N) is 2. The van der Waals surface area contributed by atoms with Crippen molar-refractivity contribution in [3.8, 4) is 0 Å². The molecule has 162 valence electrons. The molecule has 1 N–H and O–H groups in total. The van der Waals surface area contributed by atoms with Crippen molar-refractivity contribution in [2.75, 3.05) is 45.9 Å². The van der Waals surface area contributed by atoms with Crippen LogP contribution < -0.4 is 4.72 Å². The maximum absolute atomic E-state index is 12.9. The number of rotatable bonds is 6. The molecule has 0 radical (unpaired) electrons. The second-order valence-electron chi connectivity index (χ2n) is 8.79. The van der Waals surface area contributed by atoms with Gasteiger partial charge in [-0.05, 0) is 56.4 Å². The van der Waals surface area contributed by atoms with Crippen LogP contribution in [-0.2, 0) is 14.8 Å². The Balaban J connectivity index is 1.57. The van der Waals surface area contributed by atoms with Crippen molar-refractivity contribution in [2.24, 2.45) is 5.41 Å². The van der Waals surface area contributed by atoms with Gasteiger partial charge in [0.05, 0.1) is 18.1 Å². The zero-order chi connectivity index (χ0) is 21.1. The minimum Gasteiger partial charge on any atom is -0.379 e. The number of nitrogens with one attached hydrogen (secondary N) is 1. The number of sulfonamides is 1. The summed E-state index contributed by atoms with van der Waals surface area (Å²) >= 11 is 0. The highest BCUT2D eigenvalue weighted by molar-refractivity contribution is 7.89. The molecule has 0 bridgehead atoms. The average Bonchev–Trinajstić information content (AvgIpc) is 2.68. The Labute approximate surface area is 174 Å². The van der Waals surface area contributed by atoms with Crippen LogP contribution in [0.1, 0.15) is 44.0 Å². The lowest BCUT2D eigenvalue weighted by atomic mass is 9.79. The predicted octanol–water partition coefficient (Wildman–Crippen LogP) is 1.95. The van der Waals surface area contributed by atoms with E-state index in [9.17, 15) is 13.2 Å². The van der Waals surface area contributed by atoms with E-state index in [-0.39, 0.29) is 22.3 Å². The van der Waals surface area contributed by atoms with Crippen LogP contribution in [0.3, 0.4) is 0 Å². The fourth-order valence-electron chi connectivity index (χ4n) is 4.04. The lowest BCUT2D eigenvalue weighted by Crippen LogP contribution is -2.48. The van der Waals surface area contributed by atoms with Crippen molar-refractivity contribution >= 4 is 15.9 Å². The van der Waals surface area contributed by atoms with E-state index in [0.717, 1.165) is 58.8 Å². The molecule has 2 heterocycles. The summed E-state index contributed by atoms with van der Waals surface area (Å²) in [5.74, 6) is -0.0285. The van der Waals surface area contributed by atoms with Crippen LogP contribution in [-0.4, -0.2) is 76.1 Å². The smallest absolute Gasteiger partial charge is 0.253 e. The van der Waals surface area contributed by atoms with Gasteiger partial charge >= 0.3 is 0 Å². The first-order chi connectivity index (χ1) is 13.7. The minimum atomic E-state index is -3.54. The third-order valence-electron chi connectivity index (χ3n) is 5.77. The van der Waals surface area contributed by atoms with Crippen molar-refractivity contribution in [3.63, 3.8) is 0 Å². The van der Waals surface area contributed by atoms with Gasteiger partial charge in [0.1, 0.15) is 0 Å². The number of hydrogen-bond acceptors (Lipinski definition) is 5. The van der Waals surface area contributed by atoms with Gasteiger partial charge in [-0.3, -0.25) is 9.69 Å². The molecule has 0 aliphatic carbocycles. The third-order valence-corrected chi connectivity index (χ3v) is 7.44. The summed E-state index contributed by atoms with van der Waals surface area (Å²) in [5, 5.41) is 0. The standard InChI is InChI=1S/C21H33N3O4S/c1-17(2)22-29(26,27)19-6-4-18(5-7-19)20(25)24-10-8-21(3,9-11-24)16-23-12-14-28-15-13-23/h4-7,17,22H,8-16H2,1-3H3. The van der Waals surface area contributed by atoms with Gasteiger partial charge in [0.15, 0.2) is 0 Å². The molecular weight excluding hydrogens is 390 g/mol. The first-order valence-corrected chi connectivity index (χ1v) is 11.9. The molecule has 7 nitrogen and oxygen atoms in total. The largest absolute Gasteiger partial charge is 0.379 e. The van der Waals surface area contributed by atoms with E-state index in [0.29, 0.717) is 5.56 Å². The second kappa shape index (κ2) is 9.12. The molecular formula is C21H33N3O4S. The molecule has 0 aromatic heterocycles. The van der Waals surface area contributed by atoms with Gasteiger partial charge in [0, 0.05) is 44.3 Å². The number of hydrogen-bond donors (Lipinski definition) is 1. The van der Waals surface area contributed by atoms with Crippen LogP contribution in [0.2, 0.25) is 0 Å². The van der Waals surface area contributed by atoms with E-state index in [1.54, 1.807) is 26.0 Å². The fourth-order valence-corrected chi connectivity index (χ4v) is 5.30. The van der Waals surface area contributed by atoms with Gasteiger partial charge in [-0.25, -0.2) is 13.1 Å². The molecule has 0 unspecified atom stereocenters. The Kier molecular flexibility index (Phi) is 6.98. The summed E-state index contributed by atoms with van der Waals surface area (Å²) in [6.07, 6.45) is 1.95. The lowest BCUT2D eigenvalue weighted by molar-refractivity contribution is 0.00461. The second-order valence-corrected chi connectivity index (χ2v) is 10.5. The molecule has 1 aromatic rings. The number of benzene rings is 1. The molecule has 1 amide bonds. The average molecular weight is 424 g/mol. The molecule has 2 fully saturated rings. The Hall–Kier alpha value is -1.48. The van der Waals surface area contributed by atoms with E-state index >= 15 is 0 Å². The molecule has 1 aromatic carbocycles. The Morgan fingerprint density at radius 3 is 2.24 bits per heavy atom. The van der Waals surface area contributed by atoms with Gasteiger partial charge in [-0.2, -0.15) is 0 Å². The highest BCUT2D eigenvalue weighted by atomic mass is 32.2. The van der Waals surface area contributed by atoms with E-state index < -0.39 is 10.0 Å². The normalized spacial score (nSPS) is 20.8. The SMILES string of the molecule is CC(C)NS(=O)(=O)c1ccc(C(=O)N2CCC(C)(CN3CCOCC3)CC2)cc1. The van der Waals surface area contributed by atoms with Crippen molar-refractivity contribution in [3.05, 3.63) is 29.8 Å². The van der Waals surface area contributed by atoms with E-state index in [4.69, 9.17) is 4.74 Å². The lowest BCUT2D eigenvalue weighted by Gasteiger charge is -2.43. The first kappa shape index (κ1) is 22.2. The van der Waals surface area contributed by atoms with Crippen LogP contribution in [0.5, 0.6) is 0 Å². The molecule has 8 heteroatoms. The number of morpholine rings is 1. The first-order valence-electron chi connectivity index (χ1n) is 10.4. The van der Waals surface area contributed by atoms with Crippen LogP contribution in [0.15, 0.2) is 29.2 Å². The van der Waals surface area contributed by atoms with Crippen LogP contribution in [0.4, 0.5) is 0 Å². The number of likely N-dealkylation sites (tertiary alicyclic amines) is 1. The minimum absolute atomic E-state index is 0.0285. The van der Waals surface area contributed by atoms with E-state index in [1.165, 1.54) is 12.1 Å². The van der Waals surface area contributed by atoms with Gasteiger partial charge in [0.2, 0.25) is 10.0 Å². The summed E-state index contributed by atoms with van der Waals surface area (Å²) in [5.41, 5.74) is 0.750. The Morgan fingerprint density at radius 1 is 1.10 bits per heavy atom. The zero-order valence-electron chi connectivity index (χ0n) is 17.7. The Morgan fingerprint density at radius 2 is 1.69 bits per heavy atom. The van der Waals surface area contributed by atoms with Gasteiger partial charge in [-0.15, -0.1) is 0 Å². The molecule has 2 aliphatic heterocycles. The topological polar surface area (TPSA) is 79.0 Å². The van der Waals surface area contributed by atoms with Crippen LogP contribution in [0, 0.1) is 5.41 Å². The number of carbonyl (C=O) groups excluding carboxylic acids is 1. The monoisotopic (exact) mass is 423 g/mol. The van der Waals surface area contributed by atoms with Crippen molar-refractivity contribution in [1.82, 2.24) is 14.5 Å². The zero-order valence-corrected chi connectivity index (χ0v) is 18.5.